The Bertz CT molecular complexity index is 4290. The summed E-state index contributed by atoms with van der Waals surface area (Å²) in [6, 6.07) is -9.97. The van der Waals surface area contributed by atoms with Crippen molar-refractivity contribution in [2.24, 2.45) is 17.6 Å². The average molecular weight is 1970 g/mol. The summed E-state index contributed by atoms with van der Waals surface area (Å²) in [6.07, 6.45) is -8.54. The Labute approximate surface area is 817 Å². The predicted octanol–water partition coefficient (Wildman–Crippen LogP) is 6.68. The van der Waals surface area contributed by atoms with E-state index in [2.05, 4.69) is 69.1 Å². The molecule has 0 radical (unpaired) electrons. The smallest absolute Gasteiger partial charge is 0.408 e. The number of amides is 14. The molecule has 0 aromatic heterocycles. The molecule has 0 aliphatic heterocycles. The lowest BCUT2D eigenvalue weighted by Crippen LogP contribution is -2.62. The molecule has 0 fully saturated rings. The largest absolute Gasteiger partial charge is 0.460 e. The van der Waals surface area contributed by atoms with E-state index in [0.717, 1.165) is 0 Å². The first-order chi connectivity index (χ1) is 63.6. The molecule has 0 aliphatic carbocycles. The van der Waals surface area contributed by atoms with Gasteiger partial charge in [-0.15, -0.1) is 0 Å². The average Bonchev–Trinajstić information content (AvgIpc) is 0.818. The van der Waals surface area contributed by atoms with E-state index in [4.69, 9.17) is 48.4 Å². The van der Waals surface area contributed by atoms with Crippen molar-refractivity contribution >= 4 is 119 Å². The molecule has 11 atom stereocenters. The Morgan fingerprint density at radius 2 is 0.525 bits per heavy atom. The summed E-state index contributed by atoms with van der Waals surface area (Å²) in [5, 5.41) is 33.3. The van der Waals surface area contributed by atoms with E-state index in [1.165, 1.54) is 55.4 Å². The van der Waals surface area contributed by atoms with Gasteiger partial charge in [-0.3, -0.25) is 76.7 Å². The second kappa shape index (κ2) is 57.5. The Hall–Kier alpha value is -12.0. The first-order valence-electron chi connectivity index (χ1n) is 47.1. The molecular formula is C96H160N14O29. The van der Waals surface area contributed by atoms with Crippen LogP contribution >= 0.6 is 0 Å². The van der Waals surface area contributed by atoms with Gasteiger partial charge < -0.3 is 117 Å². The van der Waals surface area contributed by atoms with E-state index in [-0.39, 0.29) is 64.6 Å². The van der Waals surface area contributed by atoms with Gasteiger partial charge >= 0.3 is 54.1 Å². The zero-order chi connectivity index (χ0) is 107. The number of nitrogens with one attached hydrogen (secondary N) is 13. The van der Waals surface area contributed by atoms with Crippen LogP contribution in [0, 0.1) is 11.8 Å². The molecule has 43 heteroatoms. The van der Waals surface area contributed by atoms with Crippen LogP contribution in [-0.2, 0) is 131 Å². The lowest BCUT2D eigenvalue weighted by Gasteiger charge is -2.30. The third kappa shape index (κ3) is 58.5. The van der Waals surface area contributed by atoms with Gasteiger partial charge in [0.05, 0.1) is 6.42 Å². The van der Waals surface area contributed by atoms with E-state index in [1.54, 1.807) is 176 Å². The van der Waals surface area contributed by atoms with E-state index >= 15 is 28.8 Å². The Balaban J connectivity index is 4.23. The summed E-state index contributed by atoms with van der Waals surface area (Å²) in [4.78, 5) is 280. The lowest BCUT2D eigenvalue weighted by molar-refractivity contribution is -0.160. The second-order valence-corrected chi connectivity index (χ2v) is 42.6. The molecule has 14 amide bonds. The van der Waals surface area contributed by atoms with Crippen LogP contribution in [0.1, 0.15) is 316 Å². The van der Waals surface area contributed by atoms with Gasteiger partial charge in [-0.25, -0.2) is 19.2 Å². The van der Waals surface area contributed by atoms with Crippen molar-refractivity contribution in [2.75, 3.05) is 13.1 Å². The van der Waals surface area contributed by atoms with Crippen LogP contribution in [-0.4, -0.2) is 243 Å². The predicted molar refractivity (Wildman–Crippen MR) is 509 cm³/mol. The van der Waals surface area contributed by atoms with Crippen LogP contribution < -0.4 is 74.9 Å². The number of unbranched alkanes of at least 4 members (excludes halogenated alkanes) is 2. The molecule has 1 rings (SSSR count). The van der Waals surface area contributed by atoms with Crippen LogP contribution in [0.15, 0.2) is 30.3 Å². The van der Waals surface area contributed by atoms with Crippen molar-refractivity contribution in [3.05, 3.63) is 35.9 Å². The molecule has 0 aliphatic rings. The molecule has 139 heavy (non-hydrogen) atoms. The number of ether oxygens (including phenoxy) is 9. The van der Waals surface area contributed by atoms with Crippen molar-refractivity contribution in [3.8, 4) is 0 Å². The molecule has 0 saturated carbocycles. The SMILES string of the molecule is CC(C)[C@H](NC(=O)[C@H](CCC(=O)OC(C)(C)C)NC(=O)[C@H](CCCCNC(=O)OC(C)(C)C)NC(=O)[C@H](CCCCNC(=O)OC(C)(C)C)NC(=O)[C@H](CCC(=O)OC(C)(C)C)NC(=O)OCc1ccccc1)C(=O)N[C@H](C(=O)N[C@@H](CCC(=O)OC(C)(C)C)C(=O)N[C@@H](CCC(=O)OC(C)(C)C)C(=O)N[C@@H](C)C(=O)N[C@@H](CCC(=O)OC(C)(C)C)C(=O)N[C@@H](CC(N)=O)C(=O)OC(C)(C)C)C(C)C. The van der Waals surface area contributed by atoms with Gasteiger partial charge in [0.1, 0.15) is 118 Å². The van der Waals surface area contributed by atoms with Gasteiger partial charge in [0.2, 0.25) is 65.0 Å². The highest BCUT2D eigenvalue weighted by Gasteiger charge is 2.41. The molecule has 1 aromatic carbocycles. The quantitative estimate of drug-likeness (QED) is 0.0184. The summed E-state index contributed by atoms with van der Waals surface area (Å²) in [6.45, 7) is 45.3. The van der Waals surface area contributed by atoms with Gasteiger partial charge in [-0.05, 0) is 261 Å². The highest BCUT2D eigenvalue weighted by molar-refractivity contribution is 6.00. The van der Waals surface area contributed by atoms with Crippen LogP contribution in [0.2, 0.25) is 0 Å². The van der Waals surface area contributed by atoms with Crippen LogP contribution in [0.25, 0.3) is 0 Å². The topological polar surface area (TPSA) is 607 Å². The molecule has 788 valence electrons. The number of carbonyl (C=O) groups excluding carboxylic acids is 20. The normalized spacial score (nSPS) is 14.4. The number of hydrogen-bond donors (Lipinski definition) is 14. The Kier molecular flexibility index (Phi) is 51.8. The molecule has 43 nitrogen and oxygen atoms in total. The first kappa shape index (κ1) is 125. The second-order valence-electron chi connectivity index (χ2n) is 42.6. The Morgan fingerprint density at radius 3 is 0.820 bits per heavy atom. The molecular weight excluding hydrogens is 1810 g/mol. The zero-order valence-electron chi connectivity index (χ0n) is 87.0. The van der Waals surface area contributed by atoms with Crippen molar-refractivity contribution in [2.45, 2.75) is 428 Å². The maximum atomic E-state index is 15.3. The number of alkyl carbamates (subject to hydrolysis) is 3. The number of rotatable bonds is 53. The summed E-state index contributed by atoms with van der Waals surface area (Å²) in [5.74, 6) is -18.8. The number of hydrogen-bond acceptors (Lipinski definition) is 29. The van der Waals surface area contributed by atoms with Gasteiger partial charge in [0, 0.05) is 45.2 Å². The van der Waals surface area contributed by atoms with Crippen LogP contribution in [0.5, 0.6) is 0 Å². The van der Waals surface area contributed by atoms with Crippen molar-refractivity contribution in [3.63, 3.8) is 0 Å². The molecule has 0 unspecified atom stereocenters. The monoisotopic (exact) mass is 1970 g/mol. The zero-order valence-corrected chi connectivity index (χ0v) is 87.0. The van der Waals surface area contributed by atoms with Crippen molar-refractivity contribution in [1.82, 2.24) is 69.1 Å². The third-order valence-electron chi connectivity index (χ3n) is 18.7. The van der Waals surface area contributed by atoms with Crippen molar-refractivity contribution < 1.29 is 139 Å². The van der Waals surface area contributed by atoms with E-state index < -0.39 is 306 Å². The molecule has 0 bridgehead atoms. The number of nitrogens with two attached hydrogens (primary N) is 1. The highest BCUT2D eigenvalue weighted by Crippen LogP contribution is 2.22. The molecule has 15 N–H and O–H groups in total. The number of carbonyl (C=O) groups is 20. The highest BCUT2D eigenvalue weighted by atomic mass is 16.6. The lowest BCUT2D eigenvalue weighted by atomic mass is 9.98. The maximum Gasteiger partial charge on any atom is 0.408 e. The fourth-order valence-electron chi connectivity index (χ4n) is 12.7. The number of primary amides is 1. The molecule has 0 spiro atoms. The van der Waals surface area contributed by atoms with E-state index in [1.807, 2.05) is 0 Å². The first-order valence-corrected chi connectivity index (χ1v) is 47.1. The minimum atomic E-state index is -1.82. The summed E-state index contributed by atoms with van der Waals surface area (Å²) >= 11 is 0. The summed E-state index contributed by atoms with van der Waals surface area (Å²) < 4.78 is 49.2. The third-order valence-corrected chi connectivity index (χ3v) is 18.7. The van der Waals surface area contributed by atoms with Gasteiger partial charge in [0.25, 0.3) is 0 Å². The summed E-state index contributed by atoms with van der Waals surface area (Å²) in [7, 11) is 0. The standard InChI is InChI=1S/C96H160N14O29/c1-55(2)73(83(125)106-63(43-48-70(114)134-91(12,13)14)79(121)104-61(41-46-68(112)132-89(6,7)8)76(118)100-57(5)75(117)101-62(42-47-69(113)133-90(9,10)11)80(122)107-66(53-67(97)111)85(127)137-94(21,22)23)110-84(126)74(56(3)4)109-82(124)64(44-49-71(115)135-92(15,16)17)105-78(120)60(40-34-36-52-99-87(129)139-96(27,28)29)102-77(119)59(39-33-35-51-98-86(128)138-95(24,25)26)103-81(123)65(45-50-72(116)136-93(18,19)20)108-88(130)131-54-58-37-31-30-32-38-58/h30-32,37-38,55-57,59-66,73-74H,33-36,39-54H2,1-29H3,(H2,97,111)(H,98,128)(H,99,129)(H,100,118)(H,101,117)(H,102,119)(H,103,123)(H,104,121)(H,105,120)(H,106,125)(H,107,122)(H,108,130)(H,109,124)(H,110,126)/t57-,59-,60-,61-,62-,63-,64-,65-,66-,73-,74-/m0/s1. The van der Waals surface area contributed by atoms with Gasteiger partial charge in [0.15, 0.2) is 0 Å². The van der Waals surface area contributed by atoms with Gasteiger partial charge in [-0.1, -0.05) is 58.0 Å². The van der Waals surface area contributed by atoms with Crippen LogP contribution in [0.3, 0.4) is 0 Å². The van der Waals surface area contributed by atoms with E-state index in [0.29, 0.717) is 5.56 Å². The van der Waals surface area contributed by atoms with Crippen molar-refractivity contribution in [1.29, 1.82) is 0 Å². The molecule has 0 heterocycles. The maximum absolute atomic E-state index is 15.3. The van der Waals surface area contributed by atoms with E-state index in [9.17, 15) is 67.1 Å². The molecule has 1 aromatic rings. The Morgan fingerprint density at radius 1 is 0.273 bits per heavy atom. The minimum Gasteiger partial charge on any atom is -0.460 e. The van der Waals surface area contributed by atoms with Gasteiger partial charge in [-0.2, -0.15) is 0 Å². The number of esters is 6. The van der Waals surface area contributed by atoms with Crippen LogP contribution in [0.4, 0.5) is 14.4 Å². The fraction of sp³-hybridized carbons (Fsp3) is 0.729. The fourth-order valence-corrected chi connectivity index (χ4v) is 12.7. The molecule has 0 saturated heterocycles. The summed E-state index contributed by atoms with van der Waals surface area (Å²) in [5.41, 5.74) is -1.99. The minimum absolute atomic E-state index is 0.0150. The number of benzene rings is 1.